The van der Waals surface area contributed by atoms with Crippen LogP contribution in [0, 0.1) is 0 Å². The third-order valence-electron chi connectivity index (χ3n) is 5.36. The van der Waals surface area contributed by atoms with Crippen molar-refractivity contribution < 1.29 is 14.0 Å². The first kappa shape index (κ1) is 21.4. The molecule has 3 heterocycles. The summed E-state index contributed by atoms with van der Waals surface area (Å²) < 4.78 is 16.8. The minimum Gasteiger partial charge on any atom is -0.343 e. The maximum Gasteiger partial charge on any atom is 0.275 e. The van der Waals surface area contributed by atoms with Gasteiger partial charge in [0.25, 0.3) is 5.91 Å². The van der Waals surface area contributed by atoms with E-state index >= 15 is 0 Å². The van der Waals surface area contributed by atoms with Gasteiger partial charge in [-0.3, -0.25) is 9.59 Å². The third kappa shape index (κ3) is 4.90. The summed E-state index contributed by atoms with van der Waals surface area (Å²) in [6, 6.07) is 7.68. The number of thiazole rings is 1. The van der Waals surface area contributed by atoms with Gasteiger partial charge in [0, 0.05) is 26.9 Å². The summed E-state index contributed by atoms with van der Waals surface area (Å²) >= 11 is 1.64. The van der Waals surface area contributed by atoms with Crippen LogP contribution >= 0.6 is 11.3 Å². The highest BCUT2D eigenvalue weighted by atomic mass is 32.1. The second-order valence-corrected chi connectivity index (χ2v) is 9.10. The largest absolute Gasteiger partial charge is 0.343 e. The number of hydrogen-bond acceptors (Lipinski definition) is 6. The molecule has 0 N–H and O–H groups in total. The number of carbonyl (C=O) groups excluding carboxylic acids is 2. The number of hydrogen-bond donors (Lipinski definition) is 0. The van der Waals surface area contributed by atoms with E-state index in [9.17, 15) is 14.0 Å². The number of para-hydroxylation sites is 1. The molecule has 2 aromatic heterocycles. The number of aryl methyl sites for hydroxylation is 1. The van der Waals surface area contributed by atoms with Crippen LogP contribution in [-0.2, 0) is 17.8 Å². The number of fused-ring (bicyclic) bond motifs is 1. The Morgan fingerprint density at radius 3 is 2.87 bits per heavy atom. The number of amides is 2. The lowest BCUT2D eigenvalue weighted by atomic mass is 10.2. The minimum atomic E-state index is -1.05. The van der Waals surface area contributed by atoms with Gasteiger partial charge in [0.15, 0.2) is 5.69 Å². The van der Waals surface area contributed by atoms with E-state index in [1.165, 1.54) is 9.58 Å². The number of likely N-dealkylation sites (tertiary alicyclic amines) is 1. The Labute approximate surface area is 183 Å². The Morgan fingerprint density at radius 1 is 1.29 bits per heavy atom. The van der Waals surface area contributed by atoms with E-state index in [0.29, 0.717) is 19.4 Å². The quantitative estimate of drug-likeness (QED) is 0.559. The second-order valence-electron chi connectivity index (χ2n) is 7.99. The Kier molecular flexibility index (Phi) is 6.26. The maximum absolute atomic E-state index is 14.1. The van der Waals surface area contributed by atoms with Gasteiger partial charge in [-0.05, 0) is 25.0 Å². The van der Waals surface area contributed by atoms with Crippen molar-refractivity contribution in [2.24, 2.45) is 0 Å². The van der Waals surface area contributed by atoms with Gasteiger partial charge < -0.3 is 9.80 Å². The molecule has 0 aliphatic carbocycles. The zero-order valence-corrected chi connectivity index (χ0v) is 18.4. The van der Waals surface area contributed by atoms with E-state index in [4.69, 9.17) is 0 Å². The van der Waals surface area contributed by atoms with Gasteiger partial charge >= 0.3 is 0 Å². The van der Waals surface area contributed by atoms with Gasteiger partial charge in [-0.1, -0.05) is 17.3 Å². The van der Waals surface area contributed by atoms with Crippen LogP contribution in [0.15, 0.2) is 30.5 Å². The summed E-state index contributed by atoms with van der Waals surface area (Å²) in [4.78, 5) is 32.4. The van der Waals surface area contributed by atoms with E-state index in [2.05, 4.69) is 15.3 Å². The highest BCUT2D eigenvalue weighted by molar-refractivity contribution is 7.18. The number of halogens is 1. The fourth-order valence-electron chi connectivity index (χ4n) is 3.83. The molecule has 2 amide bonds. The monoisotopic (exact) mass is 444 g/mol. The van der Waals surface area contributed by atoms with E-state index in [1.807, 2.05) is 24.3 Å². The molecule has 3 aromatic rings. The summed E-state index contributed by atoms with van der Waals surface area (Å²) in [6.45, 7) is 0.417. The topological polar surface area (TPSA) is 84.2 Å². The van der Waals surface area contributed by atoms with Gasteiger partial charge in [-0.25, -0.2) is 14.1 Å². The average molecular weight is 445 g/mol. The lowest BCUT2D eigenvalue weighted by Crippen LogP contribution is -2.38. The number of nitrogens with zero attached hydrogens (tertiary/aromatic N) is 6. The van der Waals surface area contributed by atoms with Crippen molar-refractivity contribution in [2.45, 2.75) is 44.4 Å². The number of aromatic nitrogens is 4. The SMILES string of the molecule is CN(C)C(=O)c1cn(CC2CC(F)CN2C(=O)CCCc2nc3ccccc3s2)nn1. The predicted molar refractivity (Wildman–Crippen MR) is 116 cm³/mol. The van der Waals surface area contributed by atoms with Crippen molar-refractivity contribution in [2.75, 3.05) is 20.6 Å². The minimum absolute atomic E-state index is 0.0593. The van der Waals surface area contributed by atoms with Gasteiger partial charge in [-0.15, -0.1) is 16.4 Å². The number of carbonyl (C=O) groups is 2. The third-order valence-corrected chi connectivity index (χ3v) is 6.46. The molecule has 0 spiro atoms. The molecule has 0 radical (unpaired) electrons. The number of benzene rings is 1. The first-order valence-corrected chi connectivity index (χ1v) is 11.1. The van der Waals surface area contributed by atoms with Crippen LogP contribution < -0.4 is 0 Å². The van der Waals surface area contributed by atoms with E-state index in [0.717, 1.165) is 21.6 Å². The molecule has 164 valence electrons. The second kappa shape index (κ2) is 9.09. The van der Waals surface area contributed by atoms with Crippen molar-refractivity contribution >= 4 is 33.4 Å². The van der Waals surface area contributed by atoms with E-state index in [-0.39, 0.29) is 36.5 Å². The number of alkyl halides is 1. The lowest BCUT2D eigenvalue weighted by Gasteiger charge is -2.24. The van der Waals surface area contributed by atoms with Crippen molar-refractivity contribution in [1.29, 1.82) is 0 Å². The van der Waals surface area contributed by atoms with Gasteiger partial charge in [-0.2, -0.15) is 0 Å². The zero-order chi connectivity index (χ0) is 22.0. The lowest BCUT2D eigenvalue weighted by molar-refractivity contribution is -0.132. The first-order chi connectivity index (χ1) is 14.9. The zero-order valence-electron chi connectivity index (χ0n) is 17.6. The van der Waals surface area contributed by atoms with Crippen molar-refractivity contribution in [3.8, 4) is 0 Å². The highest BCUT2D eigenvalue weighted by Gasteiger charge is 2.35. The molecule has 1 aliphatic heterocycles. The van der Waals surface area contributed by atoms with Crippen LogP contribution in [0.1, 0.15) is 34.8 Å². The van der Waals surface area contributed by atoms with Crippen LogP contribution in [0.5, 0.6) is 0 Å². The highest BCUT2D eigenvalue weighted by Crippen LogP contribution is 2.25. The van der Waals surface area contributed by atoms with Crippen LogP contribution in [-0.4, -0.2) is 74.4 Å². The van der Waals surface area contributed by atoms with Crippen molar-refractivity contribution in [3.05, 3.63) is 41.2 Å². The van der Waals surface area contributed by atoms with Gasteiger partial charge in [0.05, 0.1) is 40.6 Å². The van der Waals surface area contributed by atoms with E-state index in [1.54, 1.807) is 36.5 Å². The standard InChI is InChI=1S/C21H25FN6O2S/c1-26(2)21(30)17-13-27(25-24-17)12-15-10-14(22)11-28(15)20(29)9-5-8-19-23-16-6-3-4-7-18(16)31-19/h3-4,6-7,13-15H,5,8-12H2,1-2H3. The molecule has 1 aromatic carbocycles. The molecule has 0 bridgehead atoms. The molecule has 31 heavy (non-hydrogen) atoms. The summed E-state index contributed by atoms with van der Waals surface area (Å²) in [7, 11) is 3.28. The molecule has 10 heteroatoms. The van der Waals surface area contributed by atoms with Crippen LogP contribution in [0.25, 0.3) is 10.2 Å². The number of rotatable bonds is 7. The van der Waals surface area contributed by atoms with Crippen LogP contribution in [0.3, 0.4) is 0 Å². The Morgan fingerprint density at radius 2 is 2.10 bits per heavy atom. The molecule has 2 unspecified atom stereocenters. The Balaban J connectivity index is 1.33. The normalized spacial score (nSPS) is 18.6. The molecule has 2 atom stereocenters. The molecule has 1 fully saturated rings. The first-order valence-electron chi connectivity index (χ1n) is 10.3. The smallest absolute Gasteiger partial charge is 0.275 e. The Bertz CT molecular complexity index is 1050. The summed E-state index contributed by atoms with van der Waals surface area (Å²) in [5.74, 6) is -0.306. The molecule has 8 nitrogen and oxygen atoms in total. The molecular formula is C21H25FN6O2S. The van der Waals surface area contributed by atoms with Crippen molar-refractivity contribution in [1.82, 2.24) is 29.8 Å². The van der Waals surface area contributed by atoms with Gasteiger partial charge in [0.1, 0.15) is 6.17 Å². The summed E-state index contributed by atoms with van der Waals surface area (Å²) in [5, 5.41) is 8.87. The van der Waals surface area contributed by atoms with Crippen LogP contribution in [0.4, 0.5) is 4.39 Å². The average Bonchev–Trinajstić information content (AvgIpc) is 3.45. The molecule has 0 saturated carbocycles. The molecule has 1 aliphatic rings. The van der Waals surface area contributed by atoms with Crippen molar-refractivity contribution in [3.63, 3.8) is 0 Å². The predicted octanol–water partition coefficient (Wildman–Crippen LogP) is 2.55. The fraction of sp³-hybridized carbons (Fsp3) is 0.476. The van der Waals surface area contributed by atoms with E-state index < -0.39 is 6.17 Å². The maximum atomic E-state index is 14.1. The summed E-state index contributed by atoms with van der Waals surface area (Å²) in [6.07, 6.45) is 2.50. The summed E-state index contributed by atoms with van der Waals surface area (Å²) in [5.41, 5.74) is 1.21. The Hall–Kier alpha value is -2.88. The molecular weight excluding hydrogens is 419 g/mol. The van der Waals surface area contributed by atoms with Gasteiger partial charge in [0.2, 0.25) is 5.91 Å². The van der Waals surface area contributed by atoms with Crippen LogP contribution in [0.2, 0.25) is 0 Å². The molecule has 1 saturated heterocycles. The molecule has 4 rings (SSSR count). The fourth-order valence-corrected chi connectivity index (χ4v) is 4.84.